The van der Waals surface area contributed by atoms with Crippen LogP contribution in [0, 0.1) is 5.41 Å². The number of hydrazone groups is 1. The van der Waals surface area contributed by atoms with Crippen LogP contribution in [0.15, 0.2) is 35.4 Å². The maximum absolute atomic E-state index is 13.2. The number of rotatable bonds is 3. The number of carbonyl (C=O) groups is 2. The number of piperidine rings is 1. The van der Waals surface area contributed by atoms with Gasteiger partial charge in [-0.25, -0.2) is 9.80 Å². The Morgan fingerprint density at radius 1 is 1.27 bits per heavy atom. The minimum atomic E-state index is -0.785. The molecule has 1 saturated heterocycles. The van der Waals surface area contributed by atoms with E-state index in [1.165, 1.54) is 5.01 Å². The van der Waals surface area contributed by atoms with E-state index in [4.69, 9.17) is 4.74 Å². The summed E-state index contributed by atoms with van der Waals surface area (Å²) in [4.78, 5) is 27.4. The van der Waals surface area contributed by atoms with Crippen molar-refractivity contribution in [1.29, 1.82) is 0 Å². The van der Waals surface area contributed by atoms with Crippen molar-refractivity contribution < 1.29 is 14.3 Å². The highest BCUT2D eigenvalue weighted by molar-refractivity contribution is 6.13. The smallest absolute Gasteiger partial charge is 0.410 e. The van der Waals surface area contributed by atoms with Gasteiger partial charge in [0, 0.05) is 26.1 Å². The second kappa shape index (κ2) is 6.74. The van der Waals surface area contributed by atoms with Crippen LogP contribution in [-0.2, 0) is 16.0 Å². The first kappa shape index (κ1) is 18.4. The predicted octanol–water partition coefficient (Wildman–Crippen LogP) is 3.07. The monoisotopic (exact) mass is 357 g/mol. The maximum atomic E-state index is 13.2. The quantitative estimate of drug-likeness (QED) is 0.835. The molecule has 26 heavy (non-hydrogen) atoms. The molecule has 6 heteroatoms. The van der Waals surface area contributed by atoms with Crippen molar-refractivity contribution in [2.45, 2.75) is 46.1 Å². The van der Waals surface area contributed by atoms with E-state index in [-0.39, 0.29) is 12.0 Å². The summed E-state index contributed by atoms with van der Waals surface area (Å²) >= 11 is 0. The van der Waals surface area contributed by atoms with E-state index in [2.05, 4.69) is 5.10 Å². The molecule has 3 rings (SSSR count). The fourth-order valence-electron chi connectivity index (χ4n) is 3.63. The lowest BCUT2D eigenvalue weighted by molar-refractivity contribution is -0.137. The van der Waals surface area contributed by atoms with Crippen LogP contribution in [0.4, 0.5) is 4.79 Å². The molecular formula is C20H27N3O3. The Bertz CT molecular complexity index is 724. The normalized spacial score (nSPS) is 22.9. The van der Waals surface area contributed by atoms with E-state index in [9.17, 15) is 9.59 Å². The average molecular weight is 357 g/mol. The third-order valence-electron chi connectivity index (χ3n) is 4.82. The summed E-state index contributed by atoms with van der Waals surface area (Å²) in [7, 11) is 0. The molecule has 140 valence electrons. The molecular weight excluding hydrogens is 330 g/mol. The number of hydrogen-bond acceptors (Lipinski definition) is 4. The van der Waals surface area contributed by atoms with Crippen molar-refractivity contribution in [2.24, 2.45) is 10.5 Å². The number of likely N-dealkylation sites (tertiary alicyclic amines) is 1. The molecule has 6 nitrogen and oxygen atoms in total. The highest BCUT2D eigenvalue weighted by Crippen LogP contribution is 2.38. The van der Waals surface area contributed by atoms with Crippen molar-refractivity contribution in [3.63, 3.8) is 0 Å². The van der Waals surface area contributed by atoms with E-state index in [0.29, 0.717) is 32.5 Å². The number of carbonyl (C=O) groups excluding carboxylic acids is 2. The minimum absolute atomic E-state index is 0.0212. The van der Waals surface area contributed by atoms with Crippen LogP contribution in [-0.4, -0.2) is 52.9 Å². The summed E-state index contributed by atoms with van der Waals surface area (Å²) in [6, 6.07) is 9.92. The van der Waals surface area contributed by atoms with Crippen LogP contribution in [0.2, 0.25) is 0 Å². The molecule has 1 fully saturated rings. The zero-order chi connectivity index (χ0) is 18.9. The molecule has 2 aliphatic rings. The molecule has 0 bridgehead atoms. The Morgan fingerprint density at radius 3 is 2.58 bits per heavy atom. The molecule has 0 spiro atoms. The van der Waals surface area contributed by atoms with E-state index in [0.717, 1.165) is 11.3 Å². The van der Waals surface area contributed by atoms with Gasteiger partial charge in [0.15, 0.2) is 0 Å². The average Bonchev–Trinajstić information content (AvgIpc) is 2.86. The van der Waals surface area contributed by atoms with E-state index in [1.807, 2.05) is 58.0 Å². The molecule has 1 aromatic carbocycles. The van der Waals surface area contributed by atoms with Gasteiger partial charge in [-0.15, -0.1) is 0 Å². The molecule has 2 amide bonds. The number of amides is 2. The SMILES string of the molecule is CCN1N=C2CCN(C(=O)OC(C)(C)C)C[C@@]2(Cc2ccccc2)C1=O. The van der Waals surface area contributed by atoms with Gasteiger partial charge in [0.2, 0.25) is 0 Å². The minimum Gasteiger partial charge on any atom is -0.444 e. The molecule has 2 heterocycles. The Kier molecular flexibility index (Phi) is 4.78. The van der Waals surface area contributed by atoms with Crippen LogP contribution in [0.1, 0.15) is 39.7 Å². The predicted molar refractivity (Wildman–Crippen MR) is 99.8 cm³/mol. The van der Waals surface area contributed by atoms with Crippen LogP contribution in [0.5, 0.6) is 0 Å². The van der Waals surface area contributed by atoms with E-state index < -0.39 is 11.0 Å². The van der Waals surface area contributed by atoms with Gasteiger partial charge >= 0.3 is 6.09 Å². The zero-order valence-electron chi connectivity index (χ0n) is 16.0. The molecule has 1 aromatic rings. The molecule has 0 unspecified atom stereocenters. The number of benzene rings is 1. The summed E-state index contributed by atoms with van der Waals surface area (Å²) in [6.45, 7) is 8.83. The fraction of sp³-hybridized carbons (Fsp3) is 0.550. The fourth-order valence-corrected chi connectivity index (χ4v) is 3.63. The molecule has 0 saturated carbocycles. The Labute approximate surface area is 154 Å². The summed E-state index contributed by atoms with van der Waals surface area (Å²) in [5.41, 5.74) is 0.602. The van der Waals surface area contributed by atoms with Crippen molar-refractivity contribution in [3.8, 4) is 0 Å². The van der Waals surface area contributed by atoms with Gasteiger partial charge in [-0.05, 0) is 39.7 Å². The van der Waals surface area contributed by atoms with Gasteiger partial charge in [0.1, 0.15) is 11.0 Å². The first-order valence-electron chi connectivity index (χ1n) is 9.17. The lowest BCUT2D eigenvalue weighted by Gasteiger charge is -2.39. The molecule has 0 N–H and O–H groups in total. The van der Waals surface area contributed by atoms with E-state index in [1.54, 1.807) is 4.90 Å². The third kappa shape index (κ3) is 3.45. The first-order valence-corrected chi connectivity index (χ1v) is 9.17. The number of fused-ring (bicyclic) bond motifs is 1. The Hall–Kier alpha value is -2.37. The molecule has 2 aliphatic heterocycles. The van der Waals surface area contributed by atoms with Crippen LogP contribution < -0.4 is 0 Å². The highest BCUT2D eigenvalue weighted by atomic mass is 16.6. The van der Waals surface area contributed by atoms with Crippen molar-refractivity contribution in [1.82, 2.24) is 9.91 Å². The van der Waals surface area contributed by atoms with Gasteiger partial charge in [-0.1, -0.05) is 30.3 Å². The molecule has 1 atom stereocenters. The summed E-state index contributed by atoms with van der Waals surface area (Å²) in [5, 5.41) is 6.11. The summed E-state index contributed by atoms with van der Waals surface area (Å²) < 4.78 is 5.53. The highest BCUT2D eigenvalue weighted by Gasteiger charge is 2.54. The first-order chi connectivity index (χ1) is 12.2. The second-order valence-electron chi connectivity index (χ2n) is 7.96. The summed E-state index contributed by atoms with van der Waals surface area (Å²) in [5.74, 6) is -0.0212. The zero-order valence-corrected chi connectivity index (χ0v) is 16.0. The molecule has 0 radical (unpaired) electrons. The lowest BCUT2D eigenvalue weighted by Crippen LogP contribution is -2.56. The number of hydrogen-bond donors (Lipinski definition) is 0. The standard InChI is InChI=1S/C20H27N3O3/c1-5-23-17(24)20(13-15-9-7-6-8-10-15)14-22(12-11-16(20)21-23)18(25)26-19(2,3)4/h6-10H,5,11-14H2,1-4H3/t20-/m1/s1. The van der Waals surface area contributed by atoms with Crippen LogP contribution >= 0.6 is 0 Å². The van der Waals surface area contributed by atoms with Gasteiger partial charge in [0.25, 0.3) is 5.91 Å². The Balaban J connectivity index is 1.90. The van der Waals surface area contributed by atoms with Gasteiger partial charge in [-0.2, -0.15) is 5.10 Å². The number of nitrogens with zero attached hydrogens (tertiary/aromatic N) is 3. The van der Waals surface area contributed by atoms with Gasteiger partial charge in [0.05, 0.1) is 5.71 Å². The van der Waals surface area contributed by atoms with E-state index >= 15 is 0 Å². The molecule has 0 aliphatic carbocycles. The Morgan fingerprint density at radius 2 is 1.96 bits per heavy atom. The largest absolute Gasteiger partial charge is 0.444 e. The topological polar surface area (TPSA) is 62.2 Å². The number of ether oxygens (including phenoxy) is 1. The van der Waals surface area contributed by atoms with Crippen molar-refractivity contribution >= 4 is 17.7 Å². The second-order valence-corrected chi connectivity index (χ2v) is 7.96. The van der Waals surface area contributed by atoms with Gasteiger partial charge in [-0.3, -0.25) is 4.79 Å². The molecule has 0 aromatic heterocycles. The van der Waals surface area contributed by atoms with Crippen molar-refractivity contribution in [3.05, 3.63) is 35.9 Å². The lowest BCUT2D eigenvalue weighted by atomic mass is 9.73. The third-order valence-corrected chi connectivity index (χ3v) is 4.82. The summed E-state index contributed by atoms with van der Waals surface area (Å²) in [6.07, 6.45) is 0.766. The maximum Gasteiger partial charge on any atom is 0.410 e. The van der Waals surface area contributed by atoms with Gasteiger partial charge < -0.3 is 9.64 Å². The van der Waals surface area contributed by atoms with Crippen molar-refractivity contribution in [2.75, 3.05) is 19.6 Å². The van der Waals surface area contributed by atoms with Crippen LogP contribution in [0.25, 0.3) is 0 Å². The van der Waals surface area contributed by atoms with Crippen LogP contribution in [0.3, 0.4) is 0 Å².